The van der Waals surface area contributed by atoms with Crippen LogP contribution in [0.3, 0.4) is 0 Å². The highest BCUT2D eigenvalue weighted by atomic mass is 15.1. The molecule has 1 rings (SSSR count). The minimum atomic E-state index is 1.03. The first-order valence-corrected chi connectivity index (χ1v) is 5.92. The van der Waals surface area contributed by atoms with Gasteiger partial charge in [0.2, 0.25) is 0 Å². The van der Waals surface area contributed by atoms with Crippen molar-refractivity contribution in [3.8, 4) is 0 Å². The van der Waals surface area contributed by atoms with Crippen molar-refractivity contribution < 1.29 is 0 Å². The quantitative estimate of drug-likeness (QED) is 0.684. The SMILES string of the molecule is CNCCN(CCNC)Cc1ccccc1. The van der Waals surface area contributed by atoms with Gasteiger partial charge in [-0.1, -0.05) is 30.3 Å². The zero-order chi connectivity index (χ0) is 11.6. The maximum Gasteiger partial charge on any atom is 0.0234 e. The fraction of sp³-hybridized carbons (Fsp3) is 0.538. The molecule has 16 heavy (non-hydrogen) atoms. The zero-order valence-electron chi connectivity index (χ0n) is 10.4. The van der Waals surface area contributed by atoms with Crippen molar-refractivity contribution in [3.63, 3.8) is 0 Å². The first-order chi connectivity index (χ1) is 7.86. The lowest BCUT2D eigenvalue weighted by atomic mass is 10.2. The molecule has 0 radical (unpaired) electrons. The molecule has 0 aliphatic heterocycles. The highest BCUT2D eigenvalue weighted by molar-refractivity contribution is 5.14. The zero-order valence-corrected chi connectivity index (χ0v) is 10.4. The van der Waals surface area contributed by atoms with Crippen molar-refractivity contribution in [1.29, 1.82) is 0 Å². The second-order valence-electron chi connectivity index (χ2n) is 3.97. The molecular weight excluding hydrogens is 198 g/mol. The average Bonchev–Trinajstić information content (AvgIpc) is 2.34. The van der Waals surface area contributed by atoms with Gasteiger partial charge in [-0.05, 0) is 19.7 Å². The van der Waals surface area contributed by atoms with Crippen LogP contribution in [0.25, 0.3) is 0 Å². The number of hydrogen-bond acceptors (Lipinski definition) is 3. The van der Waals surface area contributed by atoms with Gasteiger partial charge in [0.25, 0.3) is 0 Å². The predicted octanol–water partition coefficient (Wildman–Crippen LogP) is 0.927. The molecule has 1 aromatic rings. The van der Waals surface area contributed by atoms with Crippen LogP contribution in [0.2, 0.25) is 0 Å². The van der Waals surface area contributed by atoms with Gasteiger partial charge in [-0.3, -0.25) is 4.90 Å². The maximum absolute atomic E-state index is 3.20. The fourth-order valence-electron chi connectivity index (χ4n) is 1.65. The highest BCUT2D eigenvalue weighted by Gasteiger charge is 2.04. The number of benzene rings is 1. The summed E-state index contributed by atoms with van der Waals surface area (Å²) >= 11 is 0. The molecule has 0 aliphatic rings. The van der Waals surface area contributed by atoms with Crippen LogP contribution in [-0.2, 0) is 6.54 Å². The van der Waals surface area contributed by atoms with Crippen molar-refractivity contribution in [2.75, 3.05) is 40.3 Å². The van der Waals surface area contributed by atoms with Gasteiger partial charge >= 0.3 is 0 Å². The van der Waals surface area contributed by atoms with Gasteiger partial charge in [-0.25, -0.2) is 0 Å². The summed E-state index contributed by atoms with van der Waals surface area (Å²) in [5, 5.41) is 6.40. The second-order valence-corrected chi connectivity index (χ2v) is 3.97. The van der Waals surface area contributed by atoms with Gasteiger partial charge in [0.1, 0.15) is 0 Å². The summed E-state index contributed by atoms with van der Waals surface area (Å²) in [6, 6.07) is 10.6. The van der Waals surface area contributed by atoms with Gasteiger partial charge in [0.05, 0.1) is 0 Å². The lowest BCUT2D eigenvalue weighted by Gasteiger charge is -2.22. The van der Waals surface area contributed by atoms with Gasteiger partial charge in [-0.15, -0.1) is 0 Å². The minimum absolute atomic E-state index is 1.03. The Hall–Kier alpha value is -0.900. The van der Waals surface area contributed by atoms with E-state index < -0.39 is 0 Å². The van der Waals surface area contributed by atoms with Gasteiger partial charge in [-0.2, -0.15) is 0 Å². The van der Waals surface area contributed by atoms with Crippen molar-refractivity contribution in [2.24, 2.45) is 0 Å². The van der Waals surface area contributed by atoms with Gasteiger partial charge in [0, 0.05) is 32.7 Å². The molecule has 2 N–H and O–H groups in total. The Balaban J connectivity index is 2.42. The van der Waals surface area contributed by atoms with Gasteiger partial charge < -0.3 is 10.6 Å². The summed E-state index contributed by atoms with van der Waals surface area (Å²) in [6.45, 7) is 5.29. The largest absolute Gasteiger partial charge is 0.318 e. The van der Waals surface area contributed by atoms with E-state index in [0.29, 0.717) is 0 Å². The Bertz CT molecular complexity index is 253. The van der Waals surface area contributed by atoms with Crippen LogP contribution in [0.1, 0.15) is 5.56 Å². The van der Waals surface area contributed by atoms with Crippen LogP contribution in [-0.4, -0.2) is 45.2 Å². The highest BCUT2D eigenvalue weighted by Crippen LogP contribution is 2.03. The molecule has 0 saturated carbocycles. The molecule has 3 nitrogen and oxygen atoms in total. The smallest absolute Gasteiger partial charge is 0.0234 e. The lowest BCUT2D eigenvalue weighted by Crippen LogP contribution is -2.35. The van der Waals surface area contributed by atoms with Crippen molar-refractivity contribution in [3.05, 3.63) is 35.9 Å². The van der Waals surface area contributed by atoms with Crippen LogP contribution < -0.4 is 10.6 Å². The molecule has 0 aromatic heterocycles. The molecular formula is C13H23N3. The van der Waals surface area contributed by atoms with Crippen molar-refractivity contribution >= 4 is 0 Å². The second kappa shape index (κ2) is 8.28. The topological polar surface area (TPSA) is 27.3 Å². The summed E-state index contributed by atoms with van der Waals surface area (Å²) in [7, 11) is 4.00. The van der Waals surface area contributed by atoms with Crippen LogP contribution in [0, 0.1) is 0 Å². The fourth-order valence-corrected chi connectivity index (χ4v) is 1.65. The summed E-state index contributed by atoms with van der Waals surface area (Å²) in [5.41, 5.74) is 1.38. The molecule has 0 bridgehead atoms. The van der Waals surface area contributed by atoms with Crippen LogP contribution in [0.15, 0.2) is 30.3 Å². The Labute approximate surface area is 98.8 Å². The minimum Gasteiger partial charge on any atom is -0.318 e. The average molecular weight is 221 g/mol. The Morgan fingerprint density at radius 3 is 2.00 bits per heavy atom. The van der Waals surface area contributed by atoms with E-state index >= 15 is 0 Å². The van der Waals surface area contributed by atoms with Crippen LogP contribution in [0.4, 0.5) is 0 Å². The molecule has 0 aliphatic carbocycles. The molecule has 3 heteroatoms. The van der Waals surface area contributed by atoms with E-state index in [2.05, 4.69) is 45.9 Å². The molecule has 0 atom stereocenters. The van der Waals surface area contributed by atoms with E-state index in [9.17, 15) is 0 Å². The van der Waals surface area contributed by atoms with E-state index in [-0.39, 0.29) is 0 Å². The number of likely N-dealkylation sites (N-methyl/N-ethyl adjacent to an activating group) is 2. The monoisotopic (exact) mass is 221 g/mol. The van der Waals surface area contributed by atoms with Crippen molar-refractivity contribution in [2.45, 2.75) is 6.54 Å². The summed E-state index contributed by atoms with van der Waals surface area (Å²) in [4.78, 5) is 2.46. The van der Waals surface area contributed by atoms with Gasteiger partial charge in [0.15, 0.2) is 0 Å². The molecule has 0 fully saturated rings. The third kappa shape index (κ3) is 5.26. The van der Waals surface area contributed by atoms with E-state index in [1.54, 1.807) is 0 Å². The third-order valence-electron chi connectivity index (χ3n) is 2.61. The standard InChI is InChI=1S/C13H23N3/c1-14-8-10-16(11-9-15-2)12-13-6-4-3-5-7-13/h3-7,14-15H,8-12H2,1-2H3. The maximum atomic E-state index is 3.20. The first-order valence-electron chi connectivity index (χ1n) is 5.92. The van der Waals surface area contributed by atoms with Crippen molar-refractivity contribution in [1.82, 2.24) is 15.5 Å². The normalized spacial score (nSPS) is 10.9. The Morgan fingerprint density at radius 1 is 0.938 bits per heavy atom. The molecule has 0 amide bonds. The molecule has 0 heterocycles. The first kappa shape index (κ1) is 13.2. The van der Waals surface area contributed by atoms with Crippen LogP contribution in [0.5, 0.6) is 0 Å². The number of rotatable bonds is 8. The van der Waals surface area contributed by atoms with E-state index in [1.165, 1.54) is 5.56 Å². The molecule has 1 aromatic carbocycles. The number of nitrogens with one attached hydrogen (secondary N) is 2. The van der Waals surface area contributed by atoms with E-state index in [0.717, 1.165) is 32.7 Å². The summed E-state index contributed by atoms with van der Waals surface area (Å²) < 4.78 is 0. The molecule has 0 unspecified atom stereocenters. The summed E-state index contributed by atoms with van der Waals surface area (Å²) in [5.74, 6) is 0. The number of hydrogen-bond donors (Lipinski definition) is 2. The lowest BCUT2D eigenvalue weighted by molar-refractivity contribution is 0.269. The number of nitrogens with zero attached hydrogens (tertiary/aromatic N) is 1. The van der Waals surface area contributed by atoms with E-state index in [1.807, 2.05) is 14.1 Å². The molecule has 90 valence electrons. The van der Waals surface area contributed by atoms with Crippen LogP contribution >= 0.6 is 0 Å². The molecule has 0 spiro atoms. The predicted molar refractivity (Wildman–Crippen MR) is 69.6 cm³/mol. The Kier molecular flexibility index (Phi) is 6.81. The molecule has 0 saturated heterocycles. The Morgan fingerprint density at radius 2 is 1.50 bits per heavy atom. The summed E-state index contributed by atoms with van der Waals surface area (Å²) in [6.07, 6.45) is 0. The third-order valence-corrected chi connectivity index (χ3v) is 2.61. The van der Waals surface area contributed by atoms with E-state index in [4.69, 9.17) is 0 Å².